The van der Waals surface area contributed by atoms with Crippen LogP contribution in [-0.4, -0.2) is 14.5 Å². The van der Waals surface area contributed by atoms with Gasteiger partial charge in [0.1, 0.15) is 18.1 Å². The van der Waals surface area contributed by atoms with E-state index >= 15 is 0 Å². The van der Waals surface area contributed by atoms with E-state index in [1.54, 1.807) is 23.3 Å². The zero-order chi connectivity index (χ0) is 9.97. The van der Waals surface area contributed by atoms with Crippen molar-refractivity contribution in [3.05, 3.63) is 42.2 Å². The van der Waals surface area contributed by atoms with E-state index in [9.17, 15) is 0 Å². The molecule has 2 aromatic heterocycles. The number of aryl methyl sites for hydroxylation is 1. The first-order chi connectivity index (χ1) is 6.83. The van der Waals surface area contributed by atoms with E-state index in [2.05, 4.69) is 16.0 Å². The van der Waals surface area contributed by atoms with Gasteiger partial charge in [0.25, 0.3) is 0 Å². The molecule has 0 aliphatic heterocycles. The first-order valence-corrected chi connectivity index (χ1v) is 4.17. The van der Waals surface area contributed by atoms with Crippen LogP contribution in [0.25, 0.3) is 5.69 Å². The van der Waals surface area contributed by atoms with Gasteiger partial charge in [-0.15, -0.1) is 0 Å². The zero-order valence-corrected chi connectivity index (χ0v) is 7.68. The normalized spacial score (nSPS) is 9.71. The van der Waals surface area contributed by atoms with Gasteiger partial charge in [0.05, 0.1) is 17.6 Å². The predicted octanol–water partition coefficient (Wildman–Crippen LogP) is 1.45. The van der Waals surface area contributed by atoms with Gasteiger partial charge in [-0.1, -0.05) is 0 Å². The van der Waals surface area contributed by atoms with E-state index in [1.807, 2.05) is 19.1 Å². The Morgan fingerprint density at radius 3 is 3.00 bits per heavy atom. The molecule has 0 radical (unpaired) electrons. The van der Waals surface area contributed by atoms with E-state index in [1.165, 1.54) is 0 Å². The number of rotatable bonds is 1. The maximum atomic E-state index is 8.92. The largest absolute Gasteiger partial charge is 0.289 e. The van der Waals surface area contributed by atoms with Crippen LogP contribution in [0.5, 0.6) is 0 Å². The molecular weight excluding hydrogens is 176 g/mol. The fourth-order valence-electron chi connectivity index (χ4n) is 1.26. The monoisotopic (exact) mass is 184 g/mol. The summed E-state index contributed by atoms with van der Waals surface area (Å²) in [6.07, 6.45) is 5.02. The van der Waals surface area contributed by atoms with Crippen LogP contribution in [0.2, 0.25) is 0 Å². The average Bonchev–Trinajstić information content (AvgIpc) is 2.61. The molecule has 0 atom stereocenters. The summed E-state index contributed by atoms with van der Waals surface area (Å²) in [6.45, 7) is 1.81. The number of aromatic nitrogens is 3. The Morgan fingerprint density at radius 1 is 1.50 bits per heavy atom. The summed E-state index contributed by atoms with van der Waals surface area (Å²) < 4.78 is 1.72. The minimum absolute atomic E-state index is 0.554. The molecule has 0 amide bonds. The van der Waals surface area contributed by atoms with Gasteiger partial charge in [-0.2, -0.15) is 5.26 Å². The third kappa shape index (κ3) is 1.25. The van der Waals surface area contributed by atoms with Crippen molar-refractivity contribution in [3.63, 3.8) is 0 Å². The number of nitriles is 1. The van der Waals surface area contributed by atoms with E-state index in [4.69, 9.17) is 5.26 Å². The molecular formula is C10H8N4. The molecule has 0 saturated carbocycles. The fourth-order valence-corrected chi connectivity index (χ4v) is 1.26. The van der Waals surface area contributed by atoms with Crippen molar-refractivity contribution in [2.45, 2.75) is 6.92 Å². The maximum Gasteiger partial charge on any atom is 0.147 e. The van der Waals surface area contributed by atoms with Gasteiger partial charge in [0.15, 0.2) is 0 Å². The first kappa shape index (κ1) is 8.45. The Bertz CT molecular complexity index is 479. The van der Waals surface area contributed by atoms with Gasteiger partial charge >= 0.3 is 0 Å². The predicted molar refractivity (Wildman–Crippen MR) is 50.8 cm³/mol. The number of nitrogens with zero attached hydrogens (tertiary/aromatic N) is 4. The van der Waals surface area contributed by atoms with Crippen molar-refractivity contribution < 1.29 is 0 Å². The average molecular weight is 184 g/mol. The highest BCUT2D eigenvalue weighted by Crippen LogP contribution is 2.11. The summed E-state index contributed by atoms with van der Waals surface area (Å²) in [7, 11) is 0. The molecule has 0 spiro atoms. The molecule has 68 valence electrons. The molecule has 0 aliphatic carbocycles. The lowest BCUT2D eigenvalue weighted by Gasteiger charge is -2.01. The minimum atomic E-state index is 0.554. The molecule has 0 bridgehead atoms. The van der Waals surface area contributed by atoms with Gasteiger partial charge in [-0.3, -0.25) is 9.55 Å². The highest BCUT2D eigenvalue weighted by molar-refractivity contribution is 5.37. The number of hydrogen-bond acceptors (Lipinski definition) is 3. The summed E-state index contributed by atoms with van der Waals surface area (Å²) in [5.74, 6) is 0. The Labute approximate surface area is 81.5 Å². The third-order valence-corrected chi connectivity index (χ3v) is 1.98. The quantitative estimate of drug-likeness (QED) is 0.674. The van der Waals surface area contributed by atoms with Gasteiger partial charge in [-0.25, -0.2) is 4.98 Å². The second-order valence-corrected chi connectivity index (χ2v) is 2.87. The summed E-state index contributed by atoms with van der Waals surface area (Å²) in [5.41, 5.74) is 2.14. The Balaban J connectivity index is 2.59. The lowest BCUT2D eigenvalue weighted by atomic mass is 10.3. The minimum Gasteiger partial charge on any atom is -0.289 e. The van der Waals surface area contributed by atoms with Crippen LogP contribution in [0.3, 0.4) is 0 Å². The topological polar surface area (TPSA) is 54.5 Å². The van der Waals surface area contributed by atoms with E-state index in [-0.39, 0.29) is 0 Å². The molecule has 0 fully saturated rings. The molecule has 0 N–H and O–H groups in total. The summed E-state index contributed by atoms with van der Waals surface area (Å²) >= 11 is 0. The van der Waals surface area contributed by atoms with Crippen LogP contribution in [0.4, 0.5) is 0 Å². The zero-order valence-electron chi connectivity index (χ0n) is 7.68. The van der Waals surface area contributed by atoms with Crippen molar-refractivity contribution in [1.29, 1.82) is 5.26 Å². The van der Waals surface area contributed by atoms with Gasteiger partial charge in [0, 0.05) is 6.20 Å². The Morgan fingerprint density at radius 2 is 2.36 bits per heavy atom. The Kier molecular flexibility index (Phi) is 1.99. The summed E-state index contributed by atoms with van der Waals surface area (Å²) in [6, 6.07) is 5.82. The maximum absolute atomic E-state index is 8.92. The molecule has 0 unspecified atom stereocenters. The molecule has 4 nitrogen and oxygen atoms in total. The molecule has 2 rings (SSSR count). The van der Waals surface area contributed by atoms with Crippen LogP contribution >= 0.6 is 0 Å². The van der Waals surface area contributed by atoms with E-state index in [0.29, 0.717) is 5.69 Å². The summed E-state index contributed by atoms with van der Waals surface area (Å²) in [4.78, 5) is 8.06. The van der Waals surface area contributed by atoms with Crippen LogP contribution in [0.15, 0.2) is 30.9 Å². The first-order valence-electron chi connectivity index (χ1n) is 4.17. The summed E-state index contributed by atoms with van der Waals surface area (Å²) in [5, 5.41) is 8.92. The van der Waals surface area contributed by atoms with Crippen molar-refractivity contribution >= 4 is 0 Å². The Hall–Kier alpha value is -2.15. The molecule has 4 heteroatoms. The smallest absolute Gasteiger partial charge is 0.147 e. The van der Waals surface area contributed by atoms with Crippen LogP contribution in [0, 0.1) is 18.3 Å². The second-order valence-electron chi connectivity index (χ2n) is 2.87. The molecule has 0 aliphatic rings. The lowest BCUT2D eigenvalue weighted by Crippen LogP contribution is -1.96. The van der Waals surface area contributed by atoms with E-state index < -0.39 is 0 Å². The third-order valence-electron chi connectivity index (χ3n) is 1.98. The SMILES string of the molecule is Cc1ncn(-c2cccnc2)c1C#N. The molecule has 2 aromatic rings. The van der Waals surface area contributed by atoms with Crippen LogP contribution in [0.1, 0.15) is 11.4 Å². The van der Waals surface area contributed by atoms with Crippen molar-refractivity contribution in [2.75, 3.05) is 0 Å². The van der Waals surface area contributed by atoms with Crippen molar-refractivity contribution in [1.82, 2.24) is 14.5 Å². The standard InChI is InChI=1S/C10H8N4/c1-8-10(5-11)14(7-13-8)9-3-2-4-12-6-9/h2-4,6-7H,1H3. The highest BCUT2D eigenvalue weighted by atomic mass is 15.1. The highest BCUT2D eigenvalue weighted by Gasteiger charge is 2.07. The molecule has 0 aromatic carbocycles. The fraction of sp³-hybridized carbons (Fsp3) is 0.100. The number of pyridine rings is 1. The van der Waals surface area contributed by atoms with E-state index in [0.717, 1.165) is 11.4 Å². The second kappa shape index (κ2) is 3.30. The van der Waals surface area contributed by atoms with Crippen molar-refractivity contribution in [3.8, 4) is 11.8 Å². The lowest BCUT2D eigenvalue weighted by molar-refractivity contribution is 1.02. The number of imidazole rings is 1. The van der Waals surface area contributed by atoms with Gasteiger partial charge < -0.3 is 0 Å². The molecule has 0 saturated heterocycles. The number of hydrogen-bond donors (Lipinski definition) is 0. The van der Waals surface area contributed by atoms with Crippen molar-refractivity contribution in [2.24, 2.45) is 0 Å². The van der Waals surface area contributed by atoms with Crippen LogP contribution in [-0.2, 0) is 0 Å². The molecule has 2 heterocycles. The van der Waals surface area contributed by atoms with Gasteiger partial charge in [-0.05, 0) is 19.1 Å². The van der Waals surface area contributed by atoms with Crippen LogP contribution < -0.4 is 0 Å². The van der Waals surface area contributed by atoms with Gasteiger partial charge in [0.2, 0.25) is 0 Å². The molecule has 14 heavy (non-hydrogen) atoms.